The highest BCUT2D eigenvalue weighted by molar-refractivity contribution is 5.83. The van der Waals surface area contributed by atoms with Gasteiger partial charge in [-0.15, -0.1) is 0 Å². The standard InChI is InChI=1S/C20H28N6O3/c1-8-12-10-13(9-2)26(22-12)18-21-16-15(23(18)6)17(28)25(19(29)24(16)7)11-14(27)20(3,4)5/h10H,8-9,11H2,1-7H3. The van der Waals surface area contributed by atoms with E-state index in [4.69, 9.17) is 0 Å². The van der Waals surface area contributed by atoms with Crippen molar-refractivity contribution in [2.75, 3.05) is 0 Å². The lowest BCUT2D eigenvalue weighted by Crippen LogP contribution is -2.43. The third kappa shape index (κ3) is 3.34. The molecule has 0 N–H and O–H groups in total. The molecule has 0 aromatic carbocycles. The summed E-state index contributed by atoms with van der Waals surface area (Å²) in [5, 5.41) is 4.59. The van der Waals surface area contributed by atoms with Crippen molar-refractivity contribution in [3.05, 3.63) is 38.3 Å². The largest absolute Gasteiger partial charge is 0.332 e. The Hall–Kier alpha value is -2.97. The number of carbonyl (C=O) groups is 1. The Morgan fingerprint density at radius 1 is 1.07 bits per heavy atom. The minimum atomic E-state index is -0.654. The second-order valence-corrected chi connectivity index (χ2v) is 8.30. The molecular weight excluding hydrogens is 372 g/mol. The molecule has 3 aromatic rings. The summed E-state index contributed by atoms with van der Waals surface area (Å²) < 4.78 is 5.66. The van der Waals surface area contributed by atoms with Gasteiger partial charge in [-0.05, 0) is 18.9 Å². The van der Waals surface area contributed by atoms with Gasteiger partial charge in [-0.1, -0.05) is 34.6 Å². The maximum absolute atomic E-state index is 13.2. The topological polar surface area (TPSA) is 96.7 Å². The Morgan fingerprint density at radius 2 is 1.72 bits per heavy atom. The van der Waals surface area contributed by atoms with Crippen molar-refractivity contribution in [1.29, 1.82) is 0 Å². The van der Waals surface area contributed by atoms with E-state index in [1.807, 2.05) is 19.9 Å². The maximum atomic E-state index is 13.2. The summed E-state index contributed by atoms with van der Waals surface area (Å²) in [7, 11) is 3.28. The van der Waals surface area contributed by atoms with E-state index in [1.54, 1.807) is 44.1 Å². The maximum Gasteiger partial charge on any atom is 0.332 e. The van der Waals surface area contributed by atoms with Crippen LogP contribution in [0.15, 0.2) is 15.7 Å². The molecule has 9 nitrogen and oxygen atoms in total. The SMILES string of the molecule is CCc1cc(CC)n(-c2nc3c(c(=O)n(CC(=O)C(C)(C)C)c(=O)n3C)n2C)n1. The van der Waals surface area contributed by atoms with Crippen LogP contribution in [0.2, 0.25) is 0 Å². The lowest BCUT2D eigenvalue weighted by molar-refractivity contribution is -0.127. The quantitative estimate of drug-likeness (QED) is 0.644. The Morgan fingerprint density at radius 3 is 2.28 bits per heavy atom. The smallest absolute Gasteiger partial charge is 0.306 e. The van der Waals surface area contributed by atoms with Crippen molar-refractivity contribution in [2.45, 2.75) is 54.0 Å². The van der Waals surface area contributed by atoms with Gasteiger partial charge in [0.25, 0.3) is 5.56 Å². The van der Waals surface area contributed by atoms with Gasteiger partial charge in [-0.3, -0.25) is 18.7 Å². The van der Waals surface area contributed by atoms with Crippen LogP contribution in [-0.2, 0) is 38.3 Å². The fraction of sp³-hybridized carbons (Fsp3) is 0.550. The van der Waals surface area contributed by atoms with E-state index >= 15 is 0 Å². The number of aromatic nitrogens is 6. The lowest BCUT2D eigenvalue weighted by atomic mass is 9.91. The highest BCUT2D eigenvalue weighted by Gasteiger charge is 2.26. The van der Waals surface area contributed by atoms with Crippen LogP contribution in [0.1, 0.15) is 46.0 Å². The fourth-order valence-electron chi connectivity index (χ4n) is 3.21. The third-order valence-corrected chi connectivity index (χ3v) is 5.22. The van der Waals surface area contributed by atoms with Crippen molar-refractivity contribution >= 4 is 16.9 Å². The van der Waals surface area contributed by atoms with Gasteiger partial charge in [0.05, 0.1) is 12.2 Å². The number of carbonyl (C=O) groups excluding carboxylic acids is 1. The number of Topliss-reactive ketones (excluding diaryl/α,β-unsaturated/α-hetero) is 1. The summed E-state index contributed by atoms with van der Waals surface area (Å²) >= 11 is 0. The molecule has 0 bridgehead atoms. The van der Waals surface area contributed by atoms with Gasteiger partial charge in [0.2, 0.25) is 5.95 Å². The molecule has 3 heterocycles. The number of rotatable bonds is 5. The summed E-state index contributed by atoms with van der Waals surface area (Å²) in [4.78, 5) is 43.0. The summed E-state index contributed by atoms with van der Waals surface area (Å²) in [6.07, 6.45) is 1.53. The molecule has 156 valence electrons. The van der Waals surface area contributed by atoms with Gasteiger partial charge < -0.3 is 4.57 Å². The molecule has 0 fully saturated rings. The van der Waals surface area contributed by atoms with Crippen LogP contribution < -0.4 is 11.2 Å². The van der Waals surface area contributed by atoms with Crippen molar-refractivity contribution in [3.8, 4) is 5.95 Å². The summed E-state index contributed by atoms with van der Waals surface area (Å²) in [6, 6.07) is 2.01. The van der Waals surface area contributed by atoms with Gasteiger partial charge in [0, 0.05) is 25.2 Å². The Bertz CT molecular complexity index is 1220. The van der Waals surface area contributed by atoms with E-state index in [2.05, 4.69) is 10.1 Å². The number of fused-ring (bicyclic) bond motifs is 1. The zero-order valence-electron chi connectivity index (χ0n) is 18.1. The van der Waals surface area contributed by atoms with Crippen LogP contribution in [0.25, 0.3) is 17.1 Å². The van der Waals surface area contributed by atoms with Crippen LogP contribution in [0.4, 0.5) is 0 Å². The van der Waals surface area contributed by atoms with Crippen LogP contribution >= 0.6 is 0 Å². The molecule has 0 atom stereocenters. The number of ketones is 1. The zero-order valence-corrected chi connectivity index (χ0v) is 18.1. The average molecular weight is 400 g/mol. The summed E-state index contributed by atoms with van der Waals surface area (Å²) in [5.74, 6) is 0.273. The number of hydrogen-bond donors (Lipinski definition) is 0. The van der Waals surface area contributed by atoms with E-state index in [9.17, 15) is 14.4 Å². The second kappa shape index (κ2) is 7.13. The molecule has 0 aliphatic carbocycles. The first-order valence-corrected chi connectivity index (χ1v) is 9.78. The van der Waals surface area contributed by atoms with E-state index in [-0.39, 0.29) is 23.5 Å². The predicted molar refractivity (Wildman–Crippen MR) is 111 cm³/mol. The zero-order chi connectivity index (χ0) is 21.7. The molecule has 0 radical (unpaired) electrons. The predicted octanol–water partition coefficient (Wildman–Crippen LogP) is 1.36. The molecule has 0 aliphatic heterocycles. The Kier molecular flexibility index (Phi) is 5.10. The number of aryl methyl sites for hydroxylation is 4. The normalized spacial score (nSPS) is 12.1. The molecule has 0 amide bonds. The first-order valence-electron chi connectivity index (χ1n) is 9.78. The minimum absolute atomic E-state index is 0.189. The van der Waals surface area contributed by atoms with E-state index in [1.165, 1.54) is 4.57 Å². The van der Waals surface area contributed by atoms with Crippen molar-refractivity contribution in [1.82, 2.24) is 28.5 Å². The van der Waals surface area contributed by atoms with Gasteiger partial charge >= 0.3 is 5.69 Å². The Balaban J connectivity index is 2.29. The molecule has 0 aliphatic rings. The number of hydrogen-bond acceptors (Lipinski definition) is 5. The van der Waals surface area contributed by atoms with Crippen LogP contribution in [0.3, 0.4) is 0 Å². The molecule has 3 aromatic heterocycles. The second-order valence-electron chi connectivity index (χ2n) is 8.30. The molecular formula is C20H28N6O3. The van der Waals surface area contributed by atoms with E-state index in [0.717, 1.165) is 28.8 Å². The van der Waals surface area contributed by atoms with Gasteiger partial charge in [-0.25, -0.2) is 9.48 Å². The van der Waals surface area contributed by atoms with E-state index in [0.29, 0.717) is 5.95 Å². The molecule has 0 saturated carbocycles. The first-order chi connectivity index (χ1) is 13.5. The van der Waals surface area contributed by atoms with Gasteiger partial charge in [-0.2, -0.15) is 10.1 Å². The van der Waals surface area contributed by atoms with E-state index < -0.39 is 16.7 Å². The third-order valence-electron chi connectivity index (χ3n) is 5.22. The van der Waals surface area contributed by atoms with Gasteiger partial charge in [0.15, 0.2) is 16.9 Å². The number of nitrogens with zero attached hydrogens (tertiary/aromatic N) is 6. The number of imidazole rings is 1. The minimum Gasteiger partial charge on any atom is -0.306 e. The van der Waals surface area contributed by atoms with Crippen molar-refractivity contribution in [3.63, 3.8) is 0 Å². The Labute approximate surface area is 168 Å². The molecule has 3 rings (SSSR count). The molecule has 0 spiro atoms. The molecule has 29 heavy (non-hydrogen) atoms. The van der Waals surface area contributed by atoms with Gasteiger partial charge in [0.1, 0.15) is 0 Å². The molecule has 0 unspecified atom stereocenters. The highest BCUT2D eigenvalue weighted by atomic mass is 16.2. The van der Waals surface area contributed by atoms with Crippen LogP contribution in [0.5, 0.6) is 0 Å². The van der Waals surface area contributed by atoms with Crippen molar-refractivity contribution in [2.24, 2.45) is 19.5 Å². The highest BCUT2D eigenvalue weighted by Crippen LogP contribution is 2.18. The van der Waals surface area contributed by atoms with Crippen molar-refractivity contribution < 1.29 is 4.79 Å². The molecule has 0 saturated heterocycles. The summed E-state index contributed by atoms with van der Waals surface area (Å²) in [6.45, 7) is 9.07. The first kappa shape index (κ1) is 20.8. The fourth-order valence-corrected chi connectivity index (χ4v) is 3.21. The van der Waals surface area contributed by atoms with Crippen LogP contribution in [-0.4, -0.2) is 34.2 Å². The monoisotopic (exact) mass is 400 g/mol. The molecule has 9 heteroatoms. The lowest BCUT2D eigenvalue weighted by Gasteiger charge is -2.17. The average Bonchev–Trinajstić information content (AvgIpc) is 3.23. The van der Waals surface area contributed by atoms with Crippen LogP contribution in [0, 0.1) is 5.41 Å². The summed E-state index contributed by atoms with van der Waals surface area (Å²) in [5.41, 5.74) is 0.688.